The van der Waals surface area contributed by atoms with Crippen LogP contribution in [0.1, 0.15) is 38.4 Å². The van der Waals surface area contributed by atoms with Gasteiger partial charge in [-0.25, -0.2) is 0 Å². The molecule has 2 amide bonds. The van der Waals surface area contributed by atoms with E-state index in [-0.39, 0.29) is 17.6 Å². The van der Waals surface area contributed by atoms with Gasteiger partial charge in [0, 0.05) is 31.3 Å². The molecule has 2 aliphatic rings. The Kier molecular flexibility index (Phi) is 6.96. The SMILES string of the molecule is CCn1c(CN2CCCCCC2=O)nnc1SCC(=O)Nc1ccc2c(c1)OCCO2. The number of carbonyl (C=O) groups is 2. The molecule has 1 aromatic heterocycles. The van der Waals surface area contributed by atoms with Crippen LogP contribution in [-0.4, -0.2) is 57.0 Å². The second-order valence-corrected chi connectivity index (χ2v) is 8.41. The average molecular weight is 446 g/mol. The minimum absolute atomic E-state index is 0.142. The van der Waals surface area contributed by atoms with Crippen molar-refractivity contribution in [3.05, 3.63) is 24.0 Å². The number of nitrogens with zero attached hydrogens (tertiary/aromatic N) is 4. The molecular weight excluding hydrogens is 418 g/mol. The van der Waals surface area contributed by atoms with Crippen LogP contribution in [0.5, 0.6) is 11.5 Å². The molecule has 2 aromatic rings. The summed E-state index contributed by atoms with van der Waals surface area (Å²) in [5.74, 6) is 2.32. The van der Waals surface area contributed by atoms with Crippen molar-refractivity contribution in [3.8, 4) is 11.5 Å². The second kappa shape index (κ2) is 10.0. The monoisotopic (exact) mass is 445 g/mol. The van der Waals surface area contributed by atoms with Crippen LogP contribution in [0.3, 0.4) is 0 Å². The van der Waals surface area contributed by atoms with Gasteiger partial charge in [-0.2, -0.15) is 0 Å². The summed E-state index contributed by atoms with van der Waals surface area (Å²) < 4.78 is 13.0. The first-order valence-corrected chi connectivity index (χ1v) is 11.6. The fourth-order valence-electron chi connectivity index (χ4n) is 3.69. The summed E-state index contributed by atoms with van der Waals surface area (Å²) in [6.07, 6.45) is 3.66. The van der Waals surface area contributed by atoms with E-state index in [4.69, 9.17) is 9.47 Å². The van der Waals surface area contributed by atoms with E-state index < -0.39 is 0 Å². The van der Waals surface area contributed by atoms with Crippen molar-refractivity contribution in [2.75, 3.05) is 30.8 Å². The number of rotatable bonds is 7. The van der Waals surface area contributed by atoms with Gasteiger partial charge in [0.15, 0.2) is 22.5 Å². The van der Waals surface area contributed by atoms with Gasteiger partial charge in [-0.3, -0.25) is 9.59 Å². The van der Waals surface area contributed by atoms with Crippen molar-refractivity contribution < 1.29 is 19.1 Å². The Morgan fingerprint density at radius 3 is 2.84 bits per heavy atom. The van der Waals surface area contributed by atoms with Crippen LogP contribution in [0.2, 0.25) is 0 Å². The number of hydrogen-bond donors (Lipinski definition) is 1. The van der Waals surface area contributed by atoms with E-state index in [0.717, 1.165) is 31.6 Å². The van der Waals surface area contributed by atoms with Crippen molar-refractivity contribution in [3.63, 3.8) is 0 Å². The fraction of sp³-hybridized carbons (Fsp3) is 0.524. The van der Waals surface area contributed by atoms with E-state index in [1.807, 2.05) is 16.4 Å². The fourth-order valence-corrected chi connectivity index (χ4v) is 4.51. The van der Waals surface area contributed by atoms with E-state index >= 15 is 0 Å². The Hall–Kier alpha value is -2.75. The molecule has 1 aromatic carbocycles. The molecule has 1 fully saturated rings. The Labute approximate surface area is 185 Å². The number of ether oxygens (including phenoxy) is 2. The second-order valence-electron chi connectivity index (χ2n) is 7.46. The molecule has 0 spiro atoms. The van der Waals surface area contributed by atoms with Gasteiger partial charge in [-0.05, 0) is 31.9 Å². The third kappa shape index (κ3) is 5.30. The Bertz CT molecular complexity index is 948. The summed E-state index contributed by atoms with van der Waals surface area (Å²) in [6.45, 7) is 4.94. The van der Waals surface area contributed by atoms with Gasteiger partial charge >= 0.3 is 0 Å². The van der Waals surface area contributed by atoms with Crippen LogP contribution in [0.15, 0.2) is 23.4 Å². The predicted octanol–water partition coefficient (Wildman–Crippen LogP) is 2.70. The number of thioether (sulfide) groups is 1. The Morgan fingerprint density at radius 2 is 2.00 bits per heavy atom. The van der Waals surface area contributed by atoms with Gasteiger partial charge in [-0.1, -0.05) is 18.2 Å². The standard InChI is InChI=1S/C21H27N5O4S/c1-2-26-18(13-25-9-5-3-4-6-20(25)28)23-24-21(26)31-14-19(27)22-15-7-8-16-17(12-15)30-11-10-29-16/h7-8,12H,2-6,9-11,13-14H2,1H3,(H,22,27). The maximum absolute atomic E-state index is 12.4. The molecule has 0 bridgehead atoms. The lowest BCUT2D eigenvalue weighted by Crippen LogP contribution is -2.31. The van der Waals surface area contributed by atoms with Crippen LogP contribution < -0.4 is 14.8 Å². The molecule has 0 radical (unpaired) electrons. The van der Waals surface area contributed by atoms with Crippen LogP contribution in [0.4, 0.5) is 5.69 Å². The first kappa shape index (κ1) is 21.5. The van der Waals surface area contributed by atoms with E-state index in [2.05, 4.69) is 15.5 Å². The lowest BCUT2D eigenvalue weighted by atomic mass is 10.2. The molecule has 0 saturated carbocycles. The lowest BCUT2D eigenvalue weighted by molar-refractivity contribution is -0.131. The highest BCUT2D eigenvalue weighted by Gasteiger charge is 2.21. The summed E-state index contributed by atoms with van der Waals surface area (Å²) in [4.78, 5) is 26.6. The molecule has 0 unspecified atom stereocenters. The van der Waals surface area contributed by atoms with E-state index in [1.165, 1.54) is 11.8 Å². The number of amides is 2. The normalized spacial score (nSPS) is 16.2. The zero-order chi connectivity index (χ0) is 21.6. The average Bonchev–Trinajstić information content (AvgIpc) is 3.06. The van der Waals surface area contributed by atoms with Gasteiger partial charge in [0.1, 0.15) is 13.2 Å². The highest BCUT2D eigenvalue weighted by Crippen LogP contribution is 2.32. The number of aromatic nitrogens is 3. The van der Waals surface area contributed by atoms with Crippen molar-refractivity contribution in [2.24, 2.45) is 0 Å². The summed E-state index contributed by atoms with van der Waals surface area (Å²) in [5.41, 5.74) is 0.659. The van der Waals surface area contributed by atoms with Crippen LogP contribution in [0.25, 0.3) is 0 Å². The largest absolute Gasteiger partial charge is 0.486 e. The molecule has 4 rings (SSSR count). The first-order chi connectivity index (χ1) is 15.1. The van der Waals surface area contributed by atoms with E-state index in [1.54, 1.807) is 18.2 Å². The topological polar surface area (TPSA) is 98.6 Å². The number of carbonyl (C=O) groups excluding carboxylic acids is 2. The third-order valence-electron chi connectivity index (χ3n) is 5.27. The summed E-state index contributed by atoms with van der Waals surface area (Å²) in [7, 11) is 0. The molecule has 1 saturated heterocycles. The maximum atomic E-state index is 12.4. The van der Waals surface area contributed by atoms with Gasteiger partial charge in [0.2, 0.25) is 11.8 Å². The molecule has 10 heteroatoms. The van der Waals surface area contributed by atoms with Crippen molar-refractivity contribution >= 4 is 29.3 Å². The smallest absolute Gasteiger partial charge is 0.234 e. The van der Waals surface area contributed by atoms with Crippen molar-refractivity contribution in [1.29, 1.82) is 0 Å². The van der Waals surface area contributed by atoms with Gasteiger partial charge < -0.3 is 24.3 Å². The third-order valence-corrected chi connectivity index (χ3v) is 6.24. The van der Waals surface area contributed by atoms with Crippen LogP contribution in [0, 0.1) is 0 Å². The highest BCUT2D eigenvalue weighted by molar-refractivity contribution is 7.99. The van der Waals surface area contributed by atoms with Gasteiger partial charge in [-0.15, -0.1) is 10.2 Å². The molecule has 2 aliphatic heterocycles. The van der Waals surface area contributed by atoms with Crippen molar-refractivity contribution in [2.45, 2.75) is 50.9 Å². The molecule has 1 N–H and O–H groups in total. The Morgan fingerprint density at radius 1 is 1.16 bits per heavy atom. The first-order valence-electron chi connectivity index (χ1n) is 10.7. The summed E-state index contributed by atoms with van der Waals surface area (Å²) in [5, 5.41) is 12.1. The van der Waals surface area contributed by atoms with E-state index in [0.29, 0.717) is 55.1 Å². The van der Waals surface area contributed by atoms with Crippen LogP contribution in [-0.2, 0) is 22.7 Å². The highest BCUT2D eigenvalue weighted by atomic mass is 32.2. The molecule has 31 heavy (non-hydrogen) atoms. The molecular formula is C21H27N5O4S. The zero-order valence-corrected chi connectivity index (χ0v) is 18.4. The number of hydrogen-bond acceptors (Lipinski definition) is 7. The molecule has 0 aliphatic carbocycles. The van der Waals surface area contributed by atoms with Gasteiger partial charge in [0.05, 0.1) is 12.3 Å². The number of benzene rings is 1. The summed E-state index contributed by atoms with van der Waals surface area (Å²) in [6, 6.07) is 5.35. The number of anilines is 1. The lowest BCUT2D eigenvalue weighted by Gasteiger charge is -2.20. The molecule has 0 atom stereocenters. The number of fused-ring (bicyclic) bond motifs is 1. The number of likely N-dealkylation sites (tertiary alicyclic amines) is 1. The zero-order valence-electron chi connectivity index (χ0n) is 17.6. The molecule has 3 heterocycles. The molecule has 9 nitrogen and oxygen atoms in total. The minimum atomic E-state index is -0.142. The quantitative estimate of drug-likeness (QED) is 0.654. The Balaban J connectivity index is 1.35. The molecule has 166 valence electrons. The predicted molar refractivity (Wildman–Crippen MR) is 116 cm³/mol. The summed E-state index contributed by atoms with van der Waals surface area (Å²) >= 11 is 1.33. The van der Waals surface area contributed by atoms with Crippen molar-refractivity contribution in [1.82, 2.24) is 19.7 Å². The minimum Gasteiger partial charge on any atom is -0.486 e. The number of nitrogens with one attached hydrogen (secondary N) is 1. The maximum Gasteiger partial charge on any atom is 0.234 e. The van der Waals surface area contributed by atoms with Crippen LogP contribution >= 0.6 is 11.8 Å². The van der Waals surface area contributed by atoms with E-state index in [9.17, 15) is 9.59 Å². The van der Waals surface area contributed by atoms with Gasteiger partial charge in [0.25, 0.3) is 0 Å².